The number of aryl methyl sites for hydroxylation is 1. The normalized spacial score (nSPS) is 10.2. The number of rotatable bonds is 4. The van der Waals surface area contributed by atoms with Crippen LogP contribution in [0.15, 0.2) is 53.0 Å². The van der Waals surface area contributed by atoms with Gasteiger partial charge in [-0.25, -0.2) is 0 Å². The maximum absolute atomic E-state index is 3.54. The topological polar surface area (TPSA) is 12.0 Å². The zero-order valence-corrected chi connectivity index (χ0v) is 11.5. The summed E-state index contributed by atoms with van der Waals surface area (Å²) in [5, 5.41) is 3.46. The fraction of sp³-hybridized carbons (Fsp3) is 0.200. The molecule has 0 radical (unpaired) electrons. The van der Waals surface area contributed by atoms with Crippen molar-refractivity contribution < 1.29 is 0 Å². The van der Waals surface area contributed by atoms with Crippen LogP contribution >= 0.6 is 15.9 Å². The Hall–Kier alpha value is -1.28. The number of para-hydroxylation sites is 1. The molecule has 0 bridgehead atoms. The van der Waals surface area contributed by atoms with Crippen molar-refractivity contribution in [2.45, 2.75) is 19.9 Å². The van der Waals surface area contributed by atoms with Crippen LogP contribution in [0.4, 0.5) is 5.69 Å². The van der Waals surface area contributed by atoms with Crippen molar-refractivity contribution in [3.8, 4) is 0 Å². The van der Waals surface area contributed by atoms with Crippen molar-refractivity contribution in [2.24, 2.45) is 0 Å². The summed E-state index contributed by atoms with van der Waals surface area (Å²) in [5.74, 6) is 0. The molecule has 2 rings (SSSR count). The van der Waals surface area contributed by atoms with E-state index in [1.165, 1.54) is 11.1 Å². The van der Waals surface area contributed by atoms with Crippen LogP contribution in [-0.4, -0.2) is 0 Å². The van der Waals surface area contributed by atoms with Gasteiger partial charge >= 0.3 is 0 Å². The molecule has 0 aliphatic carbocycles. The maximum Gasteiger partial charge on any atom is 0.0487 e. The largest absolute Gasteiger partial charge is 0.380 e. The van der Waals surface area contributed by atoms with Crippen molar-refractivity contribution in [1.29, 1.82) is 0 Å². The van der Waals surface area contributed by atoms with Gasteiger partial charge in [-0.2, -0.15) is 0 Å². The molecule has 0 aliphatic rings. The zero-order valence-electron chi connectivity index (χ0n) is 9.91. The fourth-order valence-electron chi connectivity index (χ4n) is 1.87. The van der Waals surface area contributed by atoms with Crippen LogP contribution in [0.3, 0.4) is 0 Å². The highest BCUT2D eigenvalue weighted by Gasteiger charge is 2.01. The van der Waals surface area contributed by atoms with E-state index in [9.17, 15) is 0 Å². The predicted molar refractivity (Wildman–Crippen MR) is 77.3 cm³/mol. The maximum atomic E-state index is 3.54. The number of anilines is 1. The van der Waals surface area contributed by atoms with Gasteiger partial charge in [-0.1, -0.05) is 43.3 Å². The second-order valence-corrected chi connectivity index (χ2v) is 4.81. The number of benzene rings is 2. The van der Waals surface area contributed by atoms with Crippen molar-refractivity contribution in [2.75, 3.05) is 5.32 Å². The highest BCUT2D eigenvalue weighted by atomic mass is 79.9. The number of hydrogen-bond donors (Lipinski definition) is 1. The summed E-state index contributed by atoms with van der Waals surface area (Å²) < 4.78 is 1.11. The molecule has 0 fully saturated rings. The lowest BCUT2D eigenvalue weighted by Gasteiger charge is -2.11. The second-order valence-electron chi connectivity index (χ2n) is 3.96. The number of halogens is 1. The Bertz CT molecular complexity index is 494. The molecule has 0 saturated carbocycles. The van der Waals surface area contributed by atoms with E-state index in [4.69, 9.17) is 0 Å². The minimum atomic E-state index is 0.868. The number of nitrogens with one attached hydrogen (secondary N) is 1. The van der Waals surface area contributed by atoms with E-state index in [2.05, 4.69) is 58.5 Å². The minimum Gasteiger partial charge on any atom is -0.380 e. The Labute approximate surface area is 111 Å². The summed E-state index contributed by atoms with van der Waals surface area (Å²) in [4.78, 5) is 0. The molecule has 1 N–H and O–H groups in total. The highest BCUT2D eigenvalue weighted by Crippen LogP contribution is 2.22. The quantitative estimate of drug-likeness (QED) is 0.866. The van der Waals surface area contributed by atoms with E-state index in [-0.39, 0.29) is 0 Å². The van der Waals surface area contributed by atoms with E-state index in [1.807, 2.05) is 18.2 Å². The van der Waals surface area contributed by atoms with E-state index < -0.39 is 0 Å². The first kappa shape index (κ1) is 12.2. The molecule has 0 amide bonds. The van der Waals surface area contributed by atoms with Crippen LogP contribution in [-0.2, 0) is 13.0 Å². The van der Waals surface area contributed by atoms with Gasteiger partial charge in [0, 0.05) is 16.7 Å². The Kier molecular flexibility index (Phi) is 4.21. The molecule has 0 atom stereocenters. The predicted octanol–water partition coefficient (Wildman–Crippen LogP) is 4.62. The summed E-state index contributed by atoms with van der Waals surface area (Å²) >= 11 is 3.54. The third kappa shape index (κ3) is 3.10. The van der Waals surface area contributed by atoms with Crippen LogP contribution in [0.25, 0.3) is 0 Å². The van der Waals surface area contributed by atoms with Crippen LogP contribution < -0.4 is 5.32 Å². The van der Waals surface area contributed by atoms with E-state index in [0.29, 0.717) is 0 Å². The molecule has 2 aromatic rings. The molecule has 1 nitrogen and oxygen atoms in total. The molecule has 2 aromatic carbocycles. The van der Waals surface area contributed by atoms with Gasteiger partial charge in [-0.3, -0.25) is 0 Å². The van der Waals surface area contributed by atoms with Crippen LogP contribution in [0.2, 0.25) is 0 Å². The molecule has 0 aliphatic heterocycles. The van der Waals surface area contributed by atoms with E-state index >= 15 is 0 Å². The minimum absolute atomic E-state index is 0.868. The monoisotopic (exact) mass is 289 g/mol. The van der Waals surface area contributed by atoms with Crippen molar-refractivity contribution >= 4 is 21.6 Å². The highest BCUT2D eigenvalue weighted by molar-refractivity contribution is 9.10. The first-order chi connectivity index (χ1) is 8.31. The van der Waals surface area contributed by atoms with Crippen LogP contribution in [0.5, 0.6) is 0 Å². The van der Waals surface area contributed by atoms with Crippen LogP contribution in [0, 0.1) is 0 Å². The molecule has 0 aromatic heterocycles. The summed E-state index contributed by atoms with van der Waals surface area (Å²) in [6.45, 7) is 3.06. The molecule has 88 valence electrons. The average molecular weight is 290 g/mol. The van der Waals surface area contributed by atoms with Crippen molar-refractivity contribution in [3.63, 3.8) is 0 Å². The standard InChI is InChI=1S/C15H16BrN/c1-2-12-7-3-4-8-13(12)11-17-15-10-6-5-9-14(15)16/h3-10,17H,2,11H2,1H3. The second kappa shape index (κ2) is 5.87. The molecule has 0 spiro atoms. The van der Waals surface area contributed by atoms with Gasteiger partial charge in [0.1, 0.15) is 0 Å². The molecule has 0 heterocycles. The fourth-order valence-corrected chi connectivity index (χ4v) is 2.29. The van der Waals surface area contributed by atoms with Gasteiger partial charge in [0.05, 0.1) is 0 Å². The van der Waals surface area contributed by atoms with Crippen molar-refractivity contribution in [3.05, 3.63) is 64.1 Å². The van der Waals surface area contributed by atoms with Gasteiger partial charge in [-0.05, 0) is 45.6 Å². The molecule has 0 unspecified atom stereocenters. The summed E-state index contributed by atoms with van der Waals surface area (Å²) in [5.41, 5.74) is 3.91. The SMILES string of the molecule is CCc1ccccc1CNc1ccccc1Br. The molecule has 2 heteroatoms. The molecule has 0 saturated heterocycles. The lowest BCUT2D eigenvalue weighted by molar-refractivity contribution is 1.04. The summed E-state index contributed by atoms with van der Waals surface area (Å²) in [6.07, 6.45) is 1.08. The molecule has 17 heavy (non-hydrogen) atoms. The first-order valence-corrected chi connectivity index (χ1v) is 6.65. The Morgan fingerprint density at radius 3 is 2.29 bits per heavy atom. The van der Waals surface area contributed by atoms with Crippen LogP contribution in [0.1, 0.15) is 18.1 Å². The third-order valence-corrected chi connectivity index (χ3v) is 3.53. The van der Waals surface area contributed by atoms with Gasteiger partial charge in [0.15, 0.2) is 0 Å². The average Bonchev–Trinajstić information content (AvgIpc) is 2.38. The Morgan fingerprint density at radius 2 is 1.59 bits per heavy atom. The van der Waals surface area contributed by atoms with E-state index in [1.54, 1.807) is 0 Å². The number of hydrogen-bond acceptors (Lipinski definition) is 1. The Morgan fingerprint density at radius 1 is 0.941 bits per heavy atom. The van der Waals surface area contributed by atoms with Gasteiger partial charge in [0.2, 0.25) is 0 Å². The lowest BCUT2D eigenvalue weighted by atomic mass is 10.1. The smallest absolute Gasteiger partial charge is 0.0487 e. The van der Waals surface area contributed by atoms with Crippen molar-refractivity contribution in [1.82, 2.24) is 0 Å². The Balaban J connectivity index is 2.10. The van der Waals surface area contributed by atoms with E-state index in [0.717, 1.165) is 23.1 Å². The first-order valence-electron chi connectivity index (χ1n) is 5.86. The van der Waals surface area contributed by atoms with Gasteiger partial charge < -0.3 is 5.32 Å². The zero-order chi connectivity index (χ0) is 12.1. The lowest BCUT2D eigenvalue weighted by Crippen LogP contribution is -2.02. The van der Waals surface area contributed by atoms with Gasteiger partial charge in [0.25, 0.3) is 0 Å². The summed E-state index contributed by atoms with van der Waals surface area (Å²) in [6, 6.07) is 16.8. The summed E-state index contributed by atoms with van der Waals surface area (Å²) in [7, 11) is 0. The molecular formula is C15H16BrN. The van der Waals surface area contributed by atoms with Gasteiger partial charge in [-0.15, -0.1) is 0 Å². The molecular weight excluding hydrogens is 274 g/mol. The third-order valence-electron chi connectivity index (χ3n) is 2.84.